The van der Waals surface area contributed by atoms with E-state index in [-0.39, 0.29) is 67.5 Å². The van der Waals surface area contributed by atoms with Gasteiger partial charge in [0.15, 0.2) is 5.03 Å². The highest BCUT2D eigenvalue weighted by Crippen LogP contribution is 2.42. The van der Waals surface area contributed by atoms with Gasteiger partial charge >= 0.3 is 10.2 Å². The van der Waals surface area contributed by atoms with Crippen molar-refractivity contribution >= 4 is 71.2 Å². The molecule has 30 heteroatoms. The van der Waals surface area contributed by atoms with Gasteiger partial charge in [-0.15, -0.1) is 0 Å². The van der Waals surface area contributed by atoms with E-state index in [1.165, 1.54) is 40.8 Å². The second-order valence-corrected chi connectivity index (χ2v) is 34.0. The molecule has 4 atom stereocenters. The first kappa shape index (κ1) is 78.6. The van der Waals surface area contributed by atoms with Gasteiger partial charge in [-0.25, -0.2) is 42.5 Å². The number of aromatic nitrogens is 5. The Morgan fingerprint density at radius 1 is 0.538 bits per heavy atom. The summed E-state index contributed by atoms with van der Waals surface area (Å²) in [6, 6.07) is 36.9. The maximum atomic E-state index is 13.4. The molecule has 7 N–H and O–H groups in total. The molecule has 8 aromatic rings. The van der Waals surface area contributed by atoms with Gasteiger partial charge in [-0.2, -0.15) is 26.1 Å². The van der Waals surface area contributed by atoms with E-state index < -0.39 is 48.0 Å². The van der Waals surface area contributed by atoms with Crippen LogP contribution >= 0.6 is 0 Å². The average Bonchev–Trinajstić information content (AvgIpc) is 1.19. The molecule has 27 nitrogen and oxygen atoms in total. The zero-order valence-corrected chi connectivity index (χ0v) is 64.4. The summed E-state index contributed by atoms with van der Waals surface area (Å²) < 4.78 is 107. The lowest BCUT2D eigenvalue weighted by Crippen LogP contribution is -2.44. The number of amides is 3. The molecule has 0 radical (unpaired) electrons. The highest BCUT2D eigenvalue weighted by atomic mass is 32.2. The van der Waals surface area contributed by atoms with Crippen molar-refractivity contribution in [1.29, 1.82) is 0 Å². The molecule has 3 amide bonds. The summed E-state index contributed by atoms with van der Waals surface area (Å²) in [6.07, 6.45) is 6.33. The molecule has 5 aromatic heterocycles. The van der Waals surface area contributed by atoms with Crippen molar-refractivity contribution < 1.29 is 58.6 Å². The van der Waals surface area contributed by atoms with Crippen LogP contribution in [0.15, 0.2) is 156 Å². The van der Waals surface area contributed by atoms with Crippen LogP contribution in [0.4, 0.5) is 23.3 Å². The van der Waals surface area contributed by atoms with E-state index in [1.54, 1.807) is 81.1 Å². The monoisotopic (exact) mass is 1510 g/mol. The van der Waals surface area contributed by atoms with Crippen molar-refractivity contribution in [3.63, 3.8) is 0 Å². The molecule has 4 aliphatic heterocycles. The van der Waals surface area contributed by atoms with Gasteiger partial charge < -0.3 is 45.1 Å². The van der Waals surface area contributed by atoms with E-state index in [2.05, 4.69) is 106 Å². The number of pyridine rings is 5. The molecule has 0 saturated carbocycles. The Balaban J connectivity index is 0.000000170. The number of benzene rings is 3. The Hall–Kier alpha value is -10.0. The molecule has 0 spiro atoms. The molecule has 3 aromatic carbocycles. The van der Waals surface area contributed by atoms with Crippen LogP contribution < -0.4 is 59.3 Å². The zero-order valence-electron chi connectivity index (χ0n) is 61.9. The van der Waals surface area contributed by atoms with Crippen molar-refractivity contribution in [1.82, 2.24) is 43.4 Å². The summed E-state index contributed by atoms with van der Waals surface area (Å²) >= 11 is 0. The summed E-state index contributed by atoms with van der Waals surface area (Å²) in [5.41, 5.74) is 15.5. The number of nitrogen functional groups attached to an aromatic ring is 1. The maximum absolute atomic E-state index is 13.4. The van der Waals surface area contributed by atoms with Crippen LogP contribution in [0.1, 0.15) is 132 Å². The van der Waals surface area contributed by atoms with E-state index in [9.17, 15) is 39.6 Å². The fraction of sp³-hybridized carbons (Fsp3) is 0.395. The zero-order chi connectivity index (χ0) is 76.8. The number of hydrogen-bond acceptors (Lipinski definition) is 23. The quantitative estimate of drug-likeness (QED) is 0.0473. The van der Waals surface area contributed by atoms with Gasteiger partial charge in [-0.1, -0.05) is 39.0 Å². The average molecular weight is 1510 g/mol. The lowest BCUT2D eigenvalue weighted by molar-refractivity contribution is 0.0971. The molecule has 1 unspecified atom stereocenters. The number of carbonyl (C=O) groups is 3. The first-order valence-electron chi connectivity index (χ1n) is 34.9. The number of anilines is 4. The van der Waals surface area contributed by atoms with E-state index in [0.717, 1.165) is 54.8 Å². The van der Waals surface area contributed by atoms with Gasteiger partial charge in [0.25, 0.3) is 37.8 Å². The Labute approximate surface area is 621 Å². The van der Waals surface area contributed by atoms with Crippen LogP contribution in [-0.4, -0.2) is 148 Å². The smallest absolute Gasteiger partial charge is 0.304 e. The number of nitrogens with one attached hydrogen (secondary N) is 3. The minimum atomic E-state index is -4.27. The minimum Gasteiger partial charge on any atom is -0.497 e. The number of sulfonamides is 2. The van der Waals surface area contributed by atoms with Gasteiger partial charge in [-0.05, 0) is 214 Å². The Kier molecular flexibility index (Phi) is 23.7. The van der Waals surface area contributed by atoms with Gasteiger partial charge in [-0.3, -0.25) is 14.4 Å². The number of aryl methyl sites for hydroxylation is 1. The topological polar surface area (TPSA) is 356 Å². The molecule has 0 bridgehead atoms. The van der Waals surface area contributed by atoms with Crippen molar-refractivity contribution in [2.75, 3.05) is 74.0 Å². The van der Waals surface area contributed by atoms with Gasteiger partial charge in [0.2, 0.25) is 5.88 Å². The fourth-order valence-corrected chi connectivity index (χ4v) is 17.4. The summed E-state index contributed by atoms with van der Waals surface area (Å²) in [7, 11) is -9.36. The molecular weight excluding hydrogens is 1410 g/mol. The highest BCUT2D eigenvalue weighted by molar-refractivity contribution is 7.90. The molecule has 9 heterocycles. The molecule has 4 aliphatic rings. The third-order valence-corrected chi connectivity index (χ3v) is 22.9. The molecule has 106 heavy (non-hydrogen) atoms. The molecule has 4 saturated heterocycles. The Morgan fingerprint density at radius 3 is 1.58 bits per heavy atom. The van der Waals surface area contributed by atoms with Crippen LogP contribution in [0.2, 0.25) is 0 Å². The Bertz CT molecular complexity index is 4910. The van der Waals surface area contributed by atoms with E-state index in [4.69, 9.17) is 40.4 Å². The van der Waals surface area contributed by atoms with Crippen molar-refractivity contribution in [2.24, 2.45) is 23.5 Å². The number of rotatable bonds is 20. The summed E-state index contributed by atoms with van der Waals surface area (Å²) in [6.45, 7) is 26.1. The standard InChI is InChI=1S/C27H33N5O4S.C25H28N4O5S.C24H33N5O4S/c1-6-36-20-13-17(2)12-19(14-20)22-10-9-21(25(30-22)32-16-18(3)15-27(32,4)5)26(33)31-37(34,35)23-8-7-11-29-24(23)28;1-17-15-25(2,3)29(16-17)23-20(7-6-14-26-23)24(30)28-35(31,32)22-9-5-8-21(27-22)34-19-12-10-18(33-4)11-13-19;1-16-13-24(2,3)29(14-16)22-20(23(30)27-34(31,32)28-11-10-18(25)15-28)8-9-21(26-22)17-6-5-7-19(12-17)33-4/h7-14,18H,6,15-16H2,1-5H3,(H2,28,29)(H,31,33);5-14,17H,15-16H2,1-4H3,(H,28,30);5-9,12,16,18H,10-11,13-15,25H2,1-4H3,(H,27,30)/t18-;;16-,18-/m0.0/s1. The SMILES string of the molecule is CCOc1cc(C)cc(-c2ccc(C(=O)NS(=O)(=O)c3cccnc3N)c(N3C[C@@H](C)CC3(C)C)n2)c1.COc1ccc(Oc2cccc(S(=O)(=O)NC(=O)c3cccnc3N3CC(C)CC3(C)C)n2)cc1.COc1cccc(-c2ccc(C(=O)NS(=O)(=O)N3CC[C@H](N)C3)c(N3C[C@@H](C)CC3(C)C)n2)c1. The Morgan fingerprint density at radius 2 is 1.05 bits per heavy atom. The fourth-order valence-electron chi connectivity index (χ4n) is 14.2. The normalized spacial score (nSPS) is 18.9. The van der Waals surface area contributed by atoms with Crippen LogP contribution in [0.5, 0.6) is 28.9 Å². The number of nitrogens with zero attached hydrogens (tertiary/aromatic N) is 9. The van der Waals surface area contributed by atoms with Gasteiger partial charge in [0.05, 0.1) is 48.9 Å². The molecule has 12 rings (SSSR count). The lowest BCUT2D eigenvalue weighted by atomic mass is 9.97. The summed E-state index contributed by atoms with van der Waals surface area (Å²) in [5, 5.41) is -0.336. The van der Waals surface area contributed by atoms with Crippen LogP contribution in [0.25, 0.3) is 22.5 Å². The number of nitrogens with two attached hydrogens (primary N) is 2. The number of carbonyl (C=O) groups excluding carboxylic acids is 3. The van der Waals surface area contributed by atoms with E-state index in [0.29, 0.717) is 90.0 Å². The first-order valence-corrected chi connectivity index (χ1v) is 39.3. The van der Waals surface area contributed by atoms with Gasteiger partial charge in [0.1, 0.15) is 51.2 Å². The number of hydrogen-bond donors (Lipinski definition) is 5. The summed E-state index contributed by atoms with van der Waals surface area (Å²) in [5.74, 6) is 2.74. The van der Waals surface area contributed by atoms with E-state index >= 15 is 0 Å². The lowest BCUT2D eigenvalue weighted by Gasteiger charge is -2.34. The predicted octanol–water partition coefficient (Wildman–Crippen LogP) is 10.6. The molecular formula is C76H94N14O13S3. The molecule has 564 valence electrons. The maximum Gasteiger partial charge on any atom is 0.304 e. The second kappa shape index (κ2) is 32.0. The largest absolute Gasteiger partial charge is 0.497 e. The van der Waals surface area contributed by atoms with Crippen LogP contribution in [0, 0.1) is 24.7 Å². The van der Waals surface area contributed by atoms with Gasteiger partial charge in [0, 0.05) is 85.0 Å². The number of methoxy groups -OCH3 is 2. The third-order valence-electron chi connectivity index (χ3n) is 18.8. The number of ether oxygens (including phenoxy) is 4. The summed E-state index contributed by atoms with van der Waals surface area (Å²) in [4.78, 5) is 67.9. The minimum absolute atomic E-state index is 0.0698. The van der Waals surface area contributed by atoms with E-state index in [1.807, 2.05) is 56.3 Å². The predicted molar refractivity (Wildman–Crippen MR) is 407 cm³/mol. The second-order valence-electron chi connectivity index (χ2n) is 29.1. The molecule has 4 fully saturated rings. The van der Waals surface area contributed by atoms with Crippen molar-refractivity contribution in [2.45, 2.75) is 134 Å². The van der Waals surface area contributed by atoms with Crippen LogP contribution in [-0.2, 0) is 30.3 Å². The van der Waals surface area contributed by atoms with Crippen molar-refractivity contribution in [3.8, 4) is 51.4 Å². The highest BCUT2D eigenvalue weighted by Gasteiger charge is 2.43. The first-order chi connectivity index (χ1) is 50.0. The molecule has 0 aliphatic carbocycles. The van der Waals surface area contributed by atoms with Crippen molar-refractivity contribution in [3.05, 3.63) is 168 Å². The van der Waals surface area contributed by atoms with Crippen LogP contribution in [0.3, 0.4) is 0 Å². The third kappa shape index (κ3) is 18.4.